The molecule has 2 aromatic rings. The molecule has 3 atom stereocenters. The quantitative estimate of drug-likeness (QED) is 0.725. The minimum atomic E-state index is -0.198. The average Bonchev–Trinajstić information content (AvgIpc) is 2.92. The first kappa shape index (κ1) is 13.9. The minimum Gasteiger partial charge on any atom is -0.324 e. The Labute approximate surface area is 123 Å². The van der Waals surface area contributed by atoms with Gasteiger partial charge in [0.25, 0.3) is 0 Å². The van der Waals surface area contributed by atoms with E-state index in [2.05, 4.69) is 23.4 Å². The van der Waals surface area contributed by atoms with Crippen molar-refractivity contribution in [2.45, 2.75) is 45.5 Å². The molecular weight excluding hydrogens is 275 g/mol. The van der Waals surface area contributed by atoms with E-state index in [0.29, 0.717) is 29.3 Å². The van der Waals surface area contributed by atoms with Crippen LogP contribution in [0.5, 0.6) is 0 Å². The molecule has 3 unspecified atom stereocenters. The van der Waals surface area contributed by atoms with E-state index in [1.807, 2.05) is 6.07 Å². The molecule has 1 saturated carbocycles. The van der Waals surface area contributed by atoms with Crippen LogP contribution >= 0.6 is 11.6 Å². The molecule has 1 aromatic heterocycles. The largest absolute Gasteiger partial charge is 0.324 e. The van der Waals surface area contributed by atoms with Gasteiger partial charge in [0.05, 0.1) is 16.9 Å². The lowest BCUT2D eigenvalue weighted by Gasteiger charge is -2.22. The van der Waals surface area contributed by atoms with Gasteiger partial charge in [-0.05, 0) is 43.2 Å². The summed E-state index contributed by atoms with van der Waals surface area (Å²) in [7, 11) is 0. The second-order valence-electron chi connectivity index (χ2n) is 6.10. The molecule has 108 valence electrons. The molecule has 1 fully saturated rings. The van der Waals surface area contributed by atoms with Gasteiger partial charge in [0.2, 0.25) is 0 Å². The number of benzene rings is 1. The van der Waals surface area contributed by atoms with Crippen LogP contribution in [0.1, 0.15) is 44.1 Å². The van der Waals surface area contributed by atoms with Gasteiger partial charge in [0.1, 0.15) is 11.6 Å². The standard InChI is InChI=1S/C16H20ClFN2/c1-9-4-5-14(11(9)3)20-15-6-10(2)12(18)7-13(15)19-16(20)8-17/h6-7,9,11,14H,4-5,8H2,1-3H3. The van der Waals surface area contributed by atoms with E-state index in [0.717, 1.165) is 23.3 Å². The number of aromatic nitrogens is 2. The van der Waals surface area contributed by atoms with Crippen LogP contribution in [0.3, 0.4) is 0 Å². The zero-order valence-electron chi connectivity index (χ0n) is 12.2. The molecule has 1 heterocycles. The maximum Gasteiger partial charge on any atom is 0.128 e. The highest BCUT2D eigenvalue weighted by Crippen LogP contribution is 2.42. The monoisotopic (exact) mass is 294 g/mol. The fourth-order valence-corrected chi connectivity index (χ4v) is 3.63. The Bertz CT molecular complexity index is 649. The van der Waals surface area contributed by atoms with Crippen molar-refractivity contribution in [2.75, 3.05) is 0 Å². The molecule has 1 aliphatic rings. The number of nitrogens with zero attached hydrogens (tertiary/aromatic N) is 2. The van der Waals surface area contributed by atoms with Crippen molar-refractivity contribution < 1.29 is 4.39 Å². The van der Waals surface area contributed by atoms with Crippen molar-refractivity contribution in [3.63, 3.8) is 0 Å². The summed E-state index contributed by atoms with van der Waals surface area (Å²) in [5.74, 6) is 2.34. The van der Waals surface area contributed by atoms with Gasteiger partial charge in [0, 0.05) is 12.1 Å². The summed E-state index contributed by atoms with van der Waals surface area (Å²) >= 11 is 6.07. The Hall–Kier alpha value is -1.09. The van der Waals surface area contributed by atoms with Crippen molar-refractivity contribution in [1.29, 1.82) is 0 Å². The van der Waals surface area contributed by atoms with Crippen LogP contribution in [0.25, 0.3) is 11.0 Å². The van der Waals surface area contributed by atoms with E-state index >= 15 is 0 Å². The minimum absolute atomic E-state index is 0.198. The molecule has 0 aliphatic heterocycles. The summed E-state index contributed by atoms with van der Waals surface area (Å²) in [6.45, 7) is 6.39. The molecule has 0 spiro atoms. The Kier molecular flexibility index (Phi) is 3.49. The summed E-state index contributed by atoms with van der Waals surface area (Å²) in [6, 6.07) is 3.86. The maximum atomic E-state index is 13.7. The van der Waals surface area contributed by atoms with E-state index in [-0.39, 0.29) is 5.82 Å². The molecular formula is C16H20ClFN2. The second kappa shape index (κ2) is 5.03. The molecule has 0 bridgehead atoms. The van der Waals surface area contributed by atoms with Crippen molar-refractivity contribution in [3.8, 4) is 0 Å². The van der Waals surface area contributed by atoms with Crippen LogP contribution in [-0.2, 0) is 5.88 Å². The van der Waals surface area contributed by atoms with Crippen molar-refractivity contribution in [2.24, 2.45) is 11.8 Å². The fraction of sp³-hybridized carbons (Fsp3) is 0.562. The SMILES string of the molecule is Cc1cc2c(cc1F)nc(CCl)n2C1CCC(C)C1C. The second-order valence-corrected chi connectivity index (χ2v) is 6.37. The molecule has 20 heavy (non-hydrogen) atoms. The zero-order valence-corrected chi connectivity index (χ0v) is 12.9. The molecule has 0 radical (unpaired) electrons. The smallest absolute Gasteiger partial charge is 0.128 e. The first-order valence-corrected chi connectivity index (χ1v) is 7.79. The average molecular weight is 295 g/mol. The van der Waals surface area contributed by atoms with Gasteiger partial charge in [-0.1, -0.05) is 13.8 Å². The number of hydrogen-bond donors (Lipinski definition) is 0. The first-order chi connectivity index (χ1) is 9.52. The number of rotatable bonds is 2. The van der Waals surface area contributed by atoms with Crippen molar-refractivity contribution in [3.05, 3.63) is 29.3 Å². The fourth-order valence-electron chi connectivity index (χ4n) is 3.44. The van der Waals surface area contributed by atoms with Gasteiger partial charge in [-0.15, -0.1) is 11.6 Å². The predicted octanol–water partition coefficient (Wildman–Crippen LogP) is 4.83. The number of halogens is 2. The predicted molar refractivity (Wildman–Crippen MR) is 80.6 cm³/mol. The summed E-state index contributed by atoms with van der Waals surface area (Å²) in [5, 5.41) is 0. The van der Waals surface area contributed by atoms with Crippen LogP contribution in [-0.4, -0.2) is 9.55 Å². The molecule has 0 amide bonds. The summed E-state index contributed by atoms with van der Waals surface area (Å²) < 4.78 is 16.0. The Morgan fingerprint density at radius 2 is 2.10 bits per heavy atom. The number of alkyl halides is 1. The Morgan fingerprint density at radius 1 is 1.35 bits per heavy atom. The van der Waals surface area contributed by atoms with Gasteiger partial charge in [-0.2, -0.15) is 0 Å². The first-order valence-electron chi connectivity index (χ1n) is 7.25. The lowest BCUT2D eigenvalue weighted by molar-refractivity contribution is 0.354. The van der Waals surface area contributed by atoms with E-state index in [1.54, 1.807) is 6.92 Å². The normalized spacial score (nSPS) is 26.6. The highest BCUT2D eigenvalue weighted by molar-refractivity contribution is 6.16. The highest BCUT2D eigenvalue weighted by atomic mass is 35.5. The summed E-state index contributed by atoms with van der Waals surface area (Å²) in [4.78, 5) is 4.53. The van der Waals surface area contributed by atoms with Gasteiger partial charge < -0.3 is 4.57 Å². The van der Waals surface area contributed by atoms with Crippen LogP contribution in [0, 0.1) is 24.6 Å². The highest BCUT2D eigenvalue weighted by Gasteiger charge is 2.33. The number of hydrogen-bond acceptors (Lipinski definition) is 1. The van der Waals surface area contributed by atoms with Gasteiger partial charge in [-0.25, -0.2) is 9.37 Å². The Balaban J connectivity index is 2.20. The number of imidazole rings is 1. The third kappa shape index (κ3) is 2.03. The maximum absolute atomic E-state index is 13.7. The third-order valence-corrected chi connectivity index (χ3v) is 5.16. The van der Waals surface area contributed by atoms with Crippen LogP contribution in [0.15, 0.2) is 12.1 Å². The summed E-state index contributed by atoms with van der Waals surface area (Å²) in [6.07, 6.45) is 2.38. The van der Waals surface area contributed by atoms with Crippen LogP contribution < -0.4 is 0 Å². The molecule has 4 heteroatoms. The lowest BCUT2D eigenvalue weighted by atomic mass is 9.97. The zero-order chi connectivity index (χ0) is 14.4. The van der Waals surface area contributed by atoms with Gasteiger partial charge >= 0.3 is 0 Å². The van der Waals surface area contributed by atoms with Crippen molar-refractivity contribution in [1.82, 2.24) is 9.55 Å². The molecule has 0 N–H and O–H groups in total. The molecule has 0 saturated heterocycles. The Morgan fingerprint density at radius 3 is 2.70 bits per heavy atom. The van der Waals surface area contributed by atoms with Gasteiger partial charge in [0.15, 0.2) is 0 Å². The molecule has 2 nitrogen and oxygen atoms in total. The molecule has 1 aliphatic carbocycles. The van der Waals surface area contributed by atoms with Crippen LogP contribution in [0.4, 0.5) is 4.39 Å². The number of fused-ring (bicyclic) bond motifs is 1. The van der Waals surface area contributed by atoms with E-state index in [4.69, 9.17) is 11.6 Å². The lowest BCUT2D eigenvalue weighted by Crippen LogP contribution is -2.16. The van der Waals surface area contributed by atoms with E-state index < -0.39 is 0 Å². The number of aryl methyl sites for hydroxylation is 1. The van der Waals surface area contributed by atoms with E-state index in [9.17, 15) is 4.39 Å². The van der Waals surface area contributed by atoms with E-state index in [1.165, 1.54) is 12.5 Å². The van der Waals surface area contributed by atoms with Crippen LogP contribution in [0.2, 0.25) is 0 Å². The van der Waals surface area contributed by atoms with Gasteiger partial charge in [-0.3, -0.25) is 0 Å². The topological polar surface area (TPSA) is 17.8 Å². The van der Waals surface area contributed by atoms with Crippen molar-refractivity contribution >= 4 is 22.6 Å². The third-order valence-electron chi connectivity index (χ3n) is 4.92. The molecule has 3 rings (SSSR count). The molecule has 1 aromatic carbocycles. The summed E-state index contributed by atoms with van der Waals surface area (Å²) in [5.41, 5.74) is 2.40.